The summed E-state index contributed by atoms with van der Waals surface area (Å²) in [6, 6.07) is 5.93. The number of nitro benzene ring substituents is 1. The number of carbonyl (C=O) groups excluding carboxylic acids is 1. The molecule has 0 aliphatic carbocycles. The quantitative estimate of drug-likeness (QED) is 0.455. The monoisotopic (exact) mass is 326 g/mol. The first-order valence-electron chi connectivity index (χ1n) is 6.22. The zero-order valence-electron chi connectivity index (χ0n) is 11.7. The highest BCUT2D eigenvalue weighted by molar-refractivity contribution is 5.91. The van der Waals surface area contributed by atoms with Crippen LogP contribution in [0, 0.1) is 10.1 Å². The van der Waals surface area contributed by atoms with Gasteiger partial charge in [0, 0.05) is 25.2 Å². The Morgan fingerprint density at radius 1 is 1.41 bits per heavy atom. The van der Waals surface area contributed by atoms with Crippen molar-refractivity contribution in [2.75, 3.05) is 20.1 Å². The number of benzene rings is 1. The van der Waals surface area contributed by atoms with Gasteiger partial charge in [-0.15, -0.1) is 17.5 Å². The van der Waals surface area contributed by atoms with Crippen molar-refractivity contribution in [2.45, 2.75) is 0 Å². The molecule has 1 aromatic heterocycles. The zero-order valence-corrected chi connectivity index (χ0v) is 12.5. The molecule has 0 aliphatic heterocycles. The second-order valence-corrected chi connectivity index (χ2v) is 4.18. The molecule has 118 valence electrons. The molecule has 0 spiro atoms. The number of hydrogen-bond acceptors (Lipinski definition) is 6. The maximum absolute atomic E-state index is 11.8. The van der Waals surface area contributed by atoms with E-state index in [0.29, 0.717) is 18.8 Å². The lowest BCUT2D eigenvalue weighted by molar-refractivity contribution is -0.384. The van der Waals surface area contributed by atoms with E-state index in [1.54, 1.807) is 19.2 Å². The summed E-state index contributed by atoms with van der Waals surface area (Å²) in [6.45, 7) is 1.11. The number of hydrogen-bond donors (Lipinski definition) is 2. The molecule has 0 atom stereocenters. The molecule has 0 aliphatic rings. The first-order valence-corrected chi connectivity index (χ1v) is 6.22. The predicted octanol–water partition coefficient (Wildman–Crippen LogP) is 0.546. The third kappa shape index (κ3) is 4.24. The van der Waals surface area contributed by atoms with E-state index in [4.69, 9.17) is 0 Å². The Morgan fingerprint density at radius 2 is 2.18 bits per heavy atom. The highest BCUT2D eigenvalue weighted by atomic mass is 35.5. The van der Waals surface area contributed by atoms with Crippen molar-refractivity contribution >= 4 is 24.0 Å². The van der Waals surface area contributed by atoms with E-state index >= 15 is 0 Å². The van der Waals surface area contributed by atoms with Crippen LogP contribution in [-0.2, 0) is 0 Å². The van der Waals surface area contributed by atoms with Gasteiger partial charge in [-0.2, -0.15) is 0 Å². The first-order chi connectivity index (χ1) is 10.1. The molecule has 0 unspecified atom stereocenters. The fourth-order valence-corrected chi connectivity index (χ4v) is 1.63. The van der Waals surface area contributed by atoms with Gasteiger partial charge in [-0.25, -0.2) is 4.68 Å². The Kier molecular flexibility index (Phi) is 6.42. The molecule has 9 nitrogen and oxygen atoms in total. The zero-order chi connectivity index (χ0) is 15.2. The van der Waals surface area contributed by atoms with Crippen LogP contribution in [0.5, 0.6) is 0 Å². The van der Waals surface area contributed by atoms with Crippen LogP contribution in [-0.4, -0.2) is 46.0 Å². The van der Waals surface area contributed by atoms with Gasteiger partial charge < -0.3 is 10.6 Å². The van der Waals surface area contributed by atoms with Gasteiger partial charge in [-0.05, 0) is 13.1 Å². The molecule has 0 radical (unpaired) electrons. The molecule has 2 rings (SSSR count). The predicted molar refractivity (Wildman–Crippen MR) is 81.5 cm³/mol. The Balaban J connectivity index is 0.00000242. The summed E-state index contributed by atoms with van der Waals surface area (Å²) in [4.78, 5) is 22.0. The molecule has 22 heavy (non-hydrogen) atoms. The van der Waals surface area contributed by atoms with Crippen molar-refractivity contribution < 1.29 is 9.72 Å². The summed E-state index contributed by atoms with van der Waals surface area (Å²) in [5, 5.41) is 23.9. The number of nitro groups is 1. The number of amides is 1. The van der Waals surface area contributed by atoms with E-state index < -0.39 is 4.92 Å². The Labute approximate surface area is 132 Å². The van der Waals surface area contributed by atoms with Gasteiger partial charge >= 0.3 is 0 Å². The van der Waals surface area contributed by atoms with Crippen molar-refractivity contribution in [3.05, 3.63) is 46.3 Å². The minimum Gasteiger partial charge on any atom is -0.349 e. The van der Waals surface area contributed by atoms with Crippen LogP contribution in [0.2, 0.25) is 0 Å². The van der Waals surface area contributed by atoms with Crippen LogP contribution >= 0.6 is 12.4 Å². The van der Waals surface area contributed by atoms with Crippen molar-refractivity contribution in [1.82, 2.24) is 25.6 Å². The number of nitrogens with one attached hydrogen (secondary N) is 2. The van der Waals surface area contributed by atoms with Crippen LogP contribution in [0.25, 0.3) is 5.69 Å². The second kappa shape index (κ2) is 8.05. The Hall–Kier alpha value is -2.52. The summed E-state index contributed by atoms with van der Waals surface area (Å²) < 4.78 is 1.32. The third-order valence-corrected chi connectivity index (χ3v) is 2.69. The molecule has 1 heterocycles. The topological polar surface area (TPSA) is 115 Å². The molecule has 10 heteroatoms. The average molecular weight is 327 g/mol. The molecular formula is C12H15ClN6O3. The number of aromatic nitrogens is 3. The van der Waals surface area contributed by atoms with E-state index in [0.717, 1.165) is 0 Å². The van der Waals surface area contributed by atoms with Gasteiger partial charge in [0.15, 0.2) is 5.69 Å². The van der Waals surface area contributed by atoms with Gasteiger partial charge in [0.25, 0.3) is 11.6 Å². The number of likely N-dealkylation sites (N-methyl/N-ethyl adjacent to an activating group) is 1. The summed E-state index contributed by atoms with van der Waals surface area (Å²) in [7, 11) is 1.78. The molecular weight excluding hydrogens is 312 g/mol. The molecule has 0 fully saturated rings. The fraction of sp³-hybridized carbons (Fsp3) is 0.250. The van der Waals surface area contributed by atoms with Gasteiger partial charge in [0.1, 0.15) is 0 Å². The summed E-state index contributed by atoms with van der Waals surface area (Å²) >= 11 is 0. The van der Waals surface area contributed by atoms with Crippen molar-refractivity contribution in [1.29, 1.82) is 0 Å². The highest BCUT2D eigenvalue weighted by Crippen LogP contribution is 2.15. The van der Waals surface area contributed by atoms with E-state index in [9.17, 15) is 14.9 Å². The second-order valence-electron chi connectivity index (χ2n) is 4.18. The van der Waals surface area contributed by atoms with Crippen LogP contribution in [0.15, 0.2) is 30.5 Å². The average Bonchev–Trinajstić information content (AvgIpc) is 2.97. The number of carbonyl (C=O) groups is 1. The number of rotatable bonds is 6. The Bertz CT molecular complexity index is 660. The number of non-ortho nitro benzene ring substituents is 1. The number of halogens is 1. The smallest absolute Gasteiger partial charge is 0.273 e. The lowest BCUT2D eigenvalue weighted by atomic mass is 10.3. The van der Waals surface area contributed by atoms with Gasteiger partial charge in [0.05, 0.1) is 16.8 Å². The van der Waals surface area contributed by atoms with Crippen molar-refractivity contribution in [3.63, 3.8) is 0 Å². The SMILES string of the molecule is CNCCNC(=O)c1cn(-c2cccc([N+](=O)[O-])c2)nn1.Cl. The van der Waals surface area contributed by atoms with Gasteiger partial charge in [-0.3, -0.25) is 14.9 Å². The molecule has 0 saturated heterocycles. The molecule has 1 aromatic carbocycles. The fourth-order valence-electron chi connectivity index (χ4n) is 1.63. The highest BCUT2D eigenvalue weighted by Gasteiger charge is 2.12. The molecule has 2 N–H and O–H groups in total. The van der Waals surface area contributed by atoms with E-state index in [2.05, 4.69) is 20.9 Å². The maximum Gasteiger partial charge on any atom is 0.273 e. The molecule has 2 aromatic rings. The first kappa shape index (κ1) is 17.5. The standard InChI is InChI=1S/C12H14N6O3.ClH/c1-13-5-6-14-12(19)11-8-17(16-15-11)9-3-2-4-10(7-9)18(20)21;/h2-4,7-8,13H,5-6H2,1H3,(H,14,19);1H. The Morgan fingerprint density at radius 3 is 2.86 bits per heavy atom. The van der Waals surface area contributed by atoms with Crippen molar-refractivity contribution in [2.24, 2.45) is 0 Å². The number of nitrogens with zero attached hydrogens (tertiary/aromatic N) is 4. The minimum absolute atomic E-state index is 0. The molecule has 0 bridgehead atoms. The van der Waals surface area contributed by atoms with E-state index in [1.165, 1.54) is 23.0 Å². The summed E-state index contributed by atoms with van der Waals surface area (Å²) in [6.07, 6.45) is 1.42. The molecule has 1 amide bonds. The van der Waals surface area contributed by atoms with Crippen molar-refractivity contribution in [3.8, 4) is 5.69 Å². The molecule has 0 saturated carbocycles. The minimum atomic E-state index is -0.494. The van der Waals surface area contributed by atoms with Crippen LogP contribution in [0.3, 0.4) is 0 Å². The van der Waals surface area contributed by atoms with Crippen LogP contribution < -0.4 is 10.6 Å². The van der Waals surface area contributed by atoms with Gasteiger partial charge in [0.2, 0.25) is 0 Å². The lowest BCUT2D eigenvalue weighted by Gasteiger charge is -2.01. The summed E-state index contributed by atoms with van der Waals surface area (Å²) in [5.74, 6) is -0.345. The van der Waals surface area contributed by atoms with Crippen LogP contribution in [0.4, 0.5) is 5.69 Å². The summed E-state index contributed by atoms with van der Waals surface area (Å²) in [5.41, 5.74) is 0.562. The lowest BCUT2D eigenvalue weighted by Crippen LogP contribution is -2.30. The van der Waals surface area contributed by atoms with Crippen LogP contribution in [0.1, 0.15) is 10.5 Å². The van der Waals surface area contributed by atoms with Gasteiger partial charge in [-0.1, -0.05) is 11.3 Å². The van der Waals surface area contributed by atoms with E-state index in [1.807, 2.05) is 0 Å². The normalized spacial score (nSPS) is 9.86. The largest absolute Gasteiger partial charge is 0.349 e. The third-order valence-electron chi connectivity index (χ3n) is 2.69. The van der Waals surface area contributed by atoms with E-state index in [-0.39, 0.29) is 29.7 Å². The maximum atomic E-state index is 11.8.